The molecule has 0 atom stereocenters. The van der Waals surface area contributed by atoms with Crippen LogP contribution in [0.4, 0.5) is 13.2 Å². The SMILES string of the molecule is CC(C)(CCNC(=O)Cc1ccc(C(F)(F)F)cc1)C(=O)O. The van der Waals surface area contributed by atoms with Crippen molar-refractivity contribution in [2.45, 2.75) is 32.9 Å². The van der Waals surface area contributed by atoms with E-state index in [1.165, 1.54) is 12.1 Å². The summed E-state index contributed by atoms with van der Waals surface area (Å²) in [6.45, 7) is 3.30. The van der Waals surface area contributed by atoms with E-state index in [0.29, 0.717) is 5.56 Å². The van der Waals surface area contributed by atoms with Crippen molar-refractivity contribution < 1.29 is 27.9 Å². The van der Waals surface area contributed by atoms with Crippen LogP contribution in [0, 0.1) is 5.41 Å². The van der Waals surface area contributed by atoms with Gasteiger partial charge >= 0.3 is 12.1 Å². The first-order valence-corrected chi connectivity index (χ1v) is 6.68. The Labute approximate surface area is 126 Å². The lowest BCUT2D eigenvalue weighted by Gasteiger charge is -2.18. The largest absolute Gasteiger partial charge is 0.481 e. The molecule has 1 rings (SSSR count). The topological polar surface area (TPSA) is 66.4 Å². The van der Waals surface area contributed by atoms with E-state index in [0.717, 1.165) is 12.1 Å². The Kier molecular flexibility index (Phi) is 5.57. The van der Waals surface area contributed by atoms with Gasteiger partial charge in [-0.3, -0.25) is 9.59 Å². The molecule has 0 aliphatic rings. The third-order valence-electron chi connectivity index (χ3n) is 3.30. The van der Waals surface area contributed by atoms with E-state index in [2.05, 4.69) is 5.32 Å². The molecule has 1 amide bonds. The summed E-state index contributed by atoms with van der Waals surface area (Å²) in [7, 11) is 0. The standard InChI is InChI=1S/C15H18F3NO3/c1-14(2,13(21)22)7-8-19-12(20)9-10-3-5-11(6-4-10)15(16,17)18/h3-6H,7-9H2,1-2H3,(H,19,20)(H,21,22). The summed E-state index contributed by atoms with van der Waals surface area (Å²) in [4.78, 5) is 22.6. The molecule has 1 aromatic carbocycles. The molecule has 0 unspecified atom stereocenters. The third kappa shape index (κ3) is 5.38. The number of hydrogen-bond donors (Lipinski definition) is 2. The van der Waals surface area contributed by atoms with E-state index < -0.39 is 23.1 Å². The molecule has 0 aromatic heterocycles. The molecule has 1 aromatic rings. The van der Waals surface area contributed by atoms with Crippen molar-refractivity contribution in [3.8, 4) is 0 Å². The van der Waals surface area contributed by atoms with Gasteiger partial charge in [0.1, 0.15) is 0 Å². The molecule has 0 fully saturated rings. The molecule has 4 nitrogen and oxygen atoms in total. The maximum absolute atomic E-state index is 12.4. The second-order valence-electron chi connectivity index (χ2n) is 5.66. The Bertz CT molecular complexity index is 536. The van der Waals surface area contributed by atoms with Crippen molar-refractivity contribution in [2.24, 2.45) is 5.41 Å². The lowest BCUT2D eigenvalue weighted by atomic mass is 9.90. The van der Waals surface area contributed by atoms with Gasteiger partial charge in [-0.15, -0.1) is 0 Å². The zero-order chi connectivity index (χ0) is 17.0. The molecule has 122 valence electrons. The zero-order valence-electron chi connectivity index (χ0n) is 12.3. The third-order valence-corrected chi connectivity index (χ3v) is 3.30. The highest BCUT2D eigenvalue weighted by molar-refractivity contribution is 5.78. The summed E-state index contributed by atoms with van der Waals surface area (Å²) in [5.41, 5.74) is -1.25. The van der Waals surface area contributed by atoms with Crippen molar-refractivity contribution in [3.05, 3.63) is 35.4 Å². The summed E-state index contributed by atoms with van der Waals surface area (Å²) < 4.78 is 37.2. The molecule has 0 saturated heterocycles. The summed E-state index contributed by atoms with van der Waals surface area (Å²) in [6.07, 6.45) is -4.18. The molecule has 2 N–H and O–H groups in total. The van der Waals surface area contributed by atoms with Gasteiger partial charge in [0, 0.05) is 6.54 Å². The van der Waals surface area contributed by atoms with Gasteiger partial charge < -0.3 is 10.4 Å². The predicted octanol–water partition coefficient (Wildman–Crippen LogP) is 2.87. The maximum Gasteiger partial charge on any atom is 0.416 e. The fourth-order valence-corrected chi connectivity index (χ4v) is 1.68. The fourth-order valence-electron chi connectivity index (χ4n) is 1.68. The maximum atomic E-state index is 12.4. The van der Waals surface area contributed by atoms with E-state index in [9.17, 15) is 22.8 Å². The molecule has 0 radical (unpaired) electrons. The van der Waals surface area contributed by atoms with Crippen LogP contribution in [0.1, 0.15) is 31.4 Å². The number of hydrogen-bond acceptors (Lipinski definition) is 2. The first kappa shape index (κ1) is 18.0. The number of benzene rings is 1. The summed E-state index contributed by atoms with van der Waals surface area (Å²) in [6, 6.07) is 4.36. The highest BCUT2D eigenvalue weighted by Gasteiger charge is 2.30. The lowest BCUT2D eigenvalue weighted by Crippen LogP contribution is -2.32. The smallest absolute Gasteiger partial charge is 0.416 e. The molecule has 0 aliphatic carbocycles. The van der Waals surface area contributed by atoms with E-state index >= 15 is 0 Å². The van der Waals surface area contributed by atoms with Crippen LogP contribution < -0.4 is 5.32 Å². The fraction of sp³-hybridized carbons (Fsp3) is 0.467. The minimum absolute atomic E-state index is 0.0500. The lowest BCUT2D eigenvalue weighted by molar-refractivity contribution is -0.147. The van der Waals surface area contributed by atoms with Crippen LogP contribution in [0.15, 0.2) is 24.3 Å². The van der Waals surface area contributed by atoms with Gasteiger partial charge in [0.15, 0.2) is 0 Å². The van der Waals surface area contributed by atoms with Crippen LogP contribution in [0.2, 0.25) is 0 Å². The number of carboxylic acids is 1. The quantitative estimate of drug-likeness (QED) is 0.848. The number of amides is 1. The number of carbonyl (C=O) groups is 2. The number of alkyl halides is 3. The van der Waals surface area contributed by atoms with Crippen LogP contribution in [0.3, 0.4) is 0 Å². The van der Waals surface area contributed by atoms with Crippen LogP contribution in [-0.4, -0.2) is 23.5 Å². The van der Waals surface area contributed by atoms with Crippen molar-refractivity contribution in [2.75, 3.05) is 6.54 Å². The number of aliphatic carboxylic acids is 1. The normalized spacial score (nSPS) is 12.0. The van der Waals surface area contributed by atoms with Crippen molar-refractivity contribution in [1.82, 2.24) is 5.32 Å². The minimum Gasteiger partial charge on any atom is -0.481 e. The van der Waals surface area contributed by atoms with Gasteiger partial charge in [-0.1, -0.05) is 12.1 Å². The highest BCUT2D eigenvalue weighted by Crippen LogP contribution is 2.29. The summed E-state index contributed by atoms with van der Waals surface area (Å²) in [5, 5.41) is 11.5. The van der Waals surface area contributed by atoms with E-state index in [1.807, 2.05) is 0 Å². The molecule has 0 saturated carbocycles. The Balaban J connectivity index is 2.48. The van der Waals surface area contributed by atoms with E-state index in [1.54, 1.807) is 13.8 Å². The Morgan fingerprint density at radius 1 is 1.14 bits per heavy atom. The molecule has 22 heavy (non-hydrogen) atoms. The van der Waals surface area contributed by atoms with Crippen molar-refractivity contribution in [1.29, 1.82) is 0 Å². The van der Waals surface area contributed by atoms with Crippen LogP contribution >= 0.6 is 0 Å². The molecule has 7 heteroatoms. The number of rotatable bonds is 6. The highest BCUT2D eigenvalue weighted by atomic mass is 19.4. The van der Waals surface area contributed by atoms with Crippen LogP contribution in [0.5, 0.6) is 0 Å². The predicted molar refractivity (Wildman–Crippen MR) is 74.2 cm³/mol. The average Bonchev–Trinajstić information content (AvgIpc) is 2.37. The molecular weight excluding hydrogens is 299 g/mol. The van der Waals surface area contributed by atoms with E-state index in [-0.39, 0.29) is 25.3 Å². The first-order valence-electron chi connectivity index (χ1n) is 6.68. The molecule has 0 heterocycles. The molecule has 0 bridgehead atoms. The monoisotopic (exact) mass is 317 g/mol. The van der Waals surface area contributed by atoms with Gasteiger partial charge in [0.25, 0.3) is 0 Å². The van der Waals surface area contributed by atoms with Crippen LogP contribution in [0.25, 0.3) is 0 Å². The Morgan fingerprint density at radius 3 is 2.14 bits per heavy atom. The number of nitrogens with one attached hydrogen (secondary N) is 1. The van der Waals surface area contributed by atoms with Crippen molar-refractivity contribution >= 4 is 11.9 Å². The molecule has 0 aliphatic heterocycles. The zero-order valence-corrected chi connectivity index (χ0v) is 12.3. The van der Waals surface area contributed by atoms with Crippen molar-refractivity contribution in [3.63, 3.8) is 0 Å². The Morgan fingerprint density at radius 2 is 1.68 bits per heavy atom. The van der Waals surface area contributed by atoms with Gasteiger partial charge in [-0.2, -0.15) is 13.2 Å². The number of halogens is 3. The second-order valence-corrected chi connectivity index (χ2v) is 5.66. The second kappa shape index (κ2) is 6.81. The summed E-state index contributed by atoms with van der Waals surface area (Å²) >= 11 is 0. The summed E-state index contributed by atoms with van der Waals surface area (Å²) in [5.74, 6) is -1.31. The van der Waals surface area contributed by atoms with Gasteiger partial charge in [-0.25, -0.2) is 0 Å². The van der Waals surface area contributed by atoms with Gasteiger partial charge in [-0.05, 0) is 38.0 Å². The van der Waals surface area contributed by atoms with Gasteiger partial charge in [0.2, 0.25) is 5.91 Å². The molecule has 0 spiro atoms. The average molecular weight is 317 g/mol. The van der Waals surface area contributed by atoms with Crippen LogP contribution in [-0.2, 0) is 22.2 Å². The molecular formula is C15H18F3NO3. The van der Waals surface area contributed by atoms with Gasteiger partial charge in [0.05, 0.1) is 17.4 Å². The Hall–Kier alpha value is -2.05. The first-order chi connectivity index (χ1) is 10.0. The minimum atomic E-state index is -4.40. The number of carboxylic acid groups (broad SMARTS) is 1. The van der Waals surface area contributed by atoms with E-state index in [4.69, 9.17) is 5.11 Å². The number of carbonyl (C=O) groups excluding carboxylic acids is 1.